The van der Waals surface area contributed by atoms with Crippen molar-refractivity contribution in [1.29, 1.82) is 0 Å². The fourth-order valence-corrected chi connectivity index (χ4v) is 1.31. The zero-order chi connectivity index (χ0) is 11.8. The maximum atomic E-state index is 11.7. The van der Waals surface area contributed by atoms with E-state index in [1.807, 2.05) is 20.8 Å². The lowest BCUT2D eigenvalue weighted by Gasteiger charge is -2.26. The number of fused-ring (bicyclic) bond motifs is 1. The van der Waals surface area contributed by atoms with Crippen LogP contribution in [0.15, 0.2) is 12.5 Å². The summed E-state index contributed by atoms with van der Waals surface area (Å²) in [5.74, 6) is 0.716. The van der Waals surface area contributed by atoms with Crippen LogP contribution < -0.4 is 0 Å². The molecule has 6 heteroatoms. The van der Waals surface area contributed by atoms with Gasteiger partial charge in [-0.1, -0.05) is 0 Å². The predicted molar refractivity (Wildman–Crippen MR) is 57.1 cm³/mol. The van der Waals surface area contributed by atoms with Gasteiger partial charge in [-0.25, -0.2) is 4.79 Å². The van der Waals surface area contributed by atoms with Crippen LogP contribution in [0.1, 0.15) is 26.6 Å². The van der Waals surface area contributed by atoms with Gasteiger partial charge in [0, 0.05) is 12.4 Å². The van der Waals surface area contributed by atoms with Crippen molar-refractivity contribution in [2.45, 2.75) is 32.9 Å². The molecule has 6 nitrogen and oxygen atoms in total. The number of hydrogen-bond donors (Lipinski definition) is 0. The van der Waals surface area contributed by atoms with E-state index < -0.39 is 5.60 Å². The third-order valence-electron chi connectivity index (χ3n) is 1.99. The quantitative estimate of drug-likeness (QED) is 0.666. The van der Waals surface area contributed by atoms with Crippen LogP contribution in [0.2, 0.25) is 0 Å². The number of nitrogens with zero attached hydrogens (tertiary/aromatic N) is 4. The van der Waals surface area contributed by atoms with E-state index in [0.29, 0.717) is 12.4 Å². The van der Waals surface area contributed by atoms with Crippen molar-refractivity contribution in [3.8, 4) is 0 Å². The Balaban J connectivity index is 2.06. The van der Waals surface area contributed by atoms with Crippen molar-refractivity contribution < 1.29 is 9.53 Å². The Morgan fingerprint density at radius 2 is 2.19 bits per heavy atom. The van der Waals surface area contributed by atoms with Gasteiger partial charge in [0.25, 0.3) is 0 Å². The fraction of sp³-hybridized carbons (Fsp3) is 0.500. The Kier molecular flexibility index (Phi) is 2.41. The number of ether oxygens (including phenoxy) is 1. The highest BCUT2D eigenvalue weighted by Gasteiger charge is 2.23. The smallest absolute Gasteiger partial charge is 0.414 e. The predicted octanol–water partition coefficient (Wildman–Crippen LogP) is 1.46. The standard InChI is InChI=1S/C10H14N4O2/c1-10(2,3)16-9(15)13-4-5-14-7-11-12-8(14)6-13/h4-5,7H,6H2,1-3H3. The largest absolute Gasteiger partial charge is 0.443 e. The molecular formula is C10H14N4O2. The minimum absolute atomic E-state index is 0.377. The summed E-state index contributed by atoms with van der Waals surface area (Å²) in [6, 6.07) is 0. The molecule has 1 aliphatic heterocycles. The Hall–Kier alpha value is -1.85. The van der Waals surface area contributed by atoms with E-state index in [2.05, 4.69) is 10.2 Å². The summed E-state index contributed by atoms with van der Waals surface area (Å²) < 4.78 is 7.01. The summed E-state index contributed by atoms with van der Waals surface area (Å²) >= 11 is 0. The van der Waals surface area contributed by atoms with Gasteiger partial charge in [-0.15, -0.1) is 10.2 Å². The molecule has 0 spiro atoms. The van der Waals surface area contributed by atoms with Crippen LogP contribution in [0.3, 0.4) is 0 Å². The highest BCUT2D eigenvalue weighted by atomic mass is 16.6. The molecule has 1 aliphatic rings. The monoisotopic (exact) mass is 222 g/mol. The topological polar surface area (TPSA) is 60.2 Å². The number of carbonyl (C=O) groups excluding carboxylic acids is 1. The van der Waals surface area contributed by atoms with Gasteiger partial charge in [-0.3, -0.25) is 9.47 Å². The van der Waals surface area contributed by atoms with Gasteiger partial charge in [-0.05, 0) is 20.8 Å². The molecule has 1 aromatic rings. The Morgan fingerprint density at radius 1 is 1.44 bits per heavy atom. The molecule has 2 heterocycles. The fourth-order valence-electron chi connectivity index (χ4n) is 1.31. The number of carbonyl (C=O) groups is 1. The van der Waals surface area contributed by atoms with E-state index in [4.69, 9.17) is 4.74 Å². The van der Waals surface area contributed by atoms with E-state index in [0.717, 1.165) is 0 Å². The molecule has 1 aromatic heterocycles. The summed E-state index contributed by atoms with van der Waals surface area (Å²) in [6.45, 7) is 5.88. The molecule has 0 aliphatic carbocycles. The van der Waals surface area contributed by atoms with Crippen LogP contribution in [0.25, 0.3) is 6.20 Å². The summed E-state index contributed by atoms with van der Waals surface area (Å²) in [6.07, 6.45) is 4.60. The van der Waals surface area contributed by atoms with Gasteiger partial charge >= 0.3 is 6.09 Å². The summed E-state index contributed by atoms with van der Waals surface area (Å²) in [7, 11) is 0. The van der Waals surface area contributed by atoms with Crippen LogP contribution >= 0.6 is 0 Å². The van der Waals surface area contributed by atoms with Crippen molar-refractivity contribution >= 4 is 12.3 Å². The molecule has 86 valence electrons. The first-order chi connectivity index (χ1) is 7.46. The first kappa shape index (κ1) is 10.7. The van der Waals surface area contributed by atoms with Gasteiger partial charge in [-0.2, -0.15) is 0 Å². The third kappa shape index (κ3) is 2.21. The zero-order valence-electron chi connectivity index (χ0n) is 9.54. The number of hydrogen-bond acceptors (Lipinski definition) is 4. The van der Waals surface area contributed by atoms with Gasteiger partial charge in [0.15, 0.2) is 5.82 Å². The normalized spacial score (nSPS) is 14.8. The molecule has 2 rings (SSSR count). The SMILES string of the molecule is CC(C)(C)OC(=O)N1C=Cn2cnnc2C1. The second-order valence-corrected chi connectivity index (χ2v) is 4.56. The Morgan fingerprint density at radius 3 is 2.88 bits per heavy atom. The van der Waals surface area contributed by atoms with Gasteiger partial charge in [0.1, 0.15) is 11.9 Å². The minimum atomic E-state index is -0.490. The molecule has 0 saturated carbocycles. The molecule has 16 heavy (non-hydrogen) atoms. The molecule has 0 atom stereocenters. The summed E-state index contributed by atoms with van der Waals surface area (Å²) in [4.78, 5) is 13.2. The van der Waals surface area contributed by atoms with Crippen molar-refractivity contribution in [2.75, 3.05) is 0 Å². The molecule has 1 amide bonds. The van der Waals surface area contributed by atoms with Crippen molar-refractivity contribution in [3.63, 3.8) is 0 Å². The summed E-state index contributed by atoms with van der Waals surface area (Å²) in [5, 5.41) is 7.65. The third-order valence-corrected chi connectivity index (χ3v) is 1.99. The van der Waals surface area contributed by atoms with Crippen LogP contribution in [0, 0.1) is 0 Å². The maximum Gasteiger partial charge on any atom is 0.414 e. The van der Waals surface area contributed by atoms with Crippen LogP contribution in [-0.2, 0) is 11.3 Å². The number of aromatic nitrogens is 3. The second kappa shape index (κ2) is 3.62. The molecule has 0 unspecified atom stereocenters. The van der Waals surface area contributed by atoms with Crippen LogP contribution in [0.5, 0.6) is 0 Å². The lowest BCUT2D eigenvalue weighted by Crippen LogP contribution is -2.35. The molecule has 0 fully saturated rings. The van der Waals surface area contributed by atoms with Crippen molar-refractivity contribution in [3.05, 3.63) is 18.4 Å². The minimum Gasteiger partial charge on any atom is -0.443 e. The van der Waals surface area contributed by atoms with E-state index >= 15 is 0 Å². The molecule has 0 N–H and O–H groups in total. The van der Waals surface area contributed by atoms with E-state index in [1.54, 1.807) is 23.3 Å². The first-order valence-corrected chi connectivity index (χ1v) is 5.02. The van der Waals surface area contributed by atoms with Gasteiger partial charge in [0.2, 0.25) is 0 Å². The maximum absolute atomic E-state index is 11.7. The highest BCUT2D eigenvalue weighted by molar-refractivity contribution is 5.70. The van der Waals surface area contributed by atoms with Crippen molar-refractivity contribution in [2.24, 2.45) is 0 Å². The highest BCUT2D eigenvalue weighted by Crippen LogP contribution is 2.15. The molecule has 0 radical (unpaired) electrons. The van der Waals surface area contributed by atoms with E-state index in [1.165, 1.54) is 4.90 Å². The number of rotatable bonds is 0. The lowest BCUT2D eigenvalue weighted by atomic mass is 10.2. The Bertz CT molecular complexity index is 430. The average Bonchev–Trinajstić information content (AvgIpc) is 2.61. The van der Waals surface area contributed by atoms with Crippen LogP contribution in [-0.4, -0.2) is 31.4 Å². The Labute approximate surface area is 93.5 Å². The molecular weight excluding hydrogens is 208 g/mol. The van der Waals surface area contributed by atoms with Gasteiger partial charge in [0.05, 0.1) is 6.54 Å². The zero-order valence-corrected chi connectivity index (χ0v) is 9.54. The summed E-state index contributed by atoms with van der Waals surface area (Å²) in [5.41, 5.74) is -0.490. The van der Waals surface area contributed by atoms with E-state index in [9.17, 15) is 4.79 Å². The van der Waals surface area contributed by atoms with Gasteiger partial charge < -0.3 is 4.74 Å². The molecule has 0 aromatic carbocycles. The van der Waals surface area contributed by atoms with E-state index in [-0.39, 0.29) is 6.09 Å². The van der Waals surface area contributed by atoms with Crippen LogP contribution in [0.4, 0.5) is 4.79 Å². The first-order valence-electron chi connectivity index (χ1n) is 5.02. The molecule has 0 saturated heterocycles. The lowest BCUT2D eigenvalue weighted by molar-refractivity contribution is 0.0316. The average molecular weight is 222 g/mol. The van der Waals surface area contributed by atoms with Crippen molar-refractivity contribution in [1.82, 2.24) is 19.7 Å². The number of amides is 1. The molecule has 0 bridgehead atoms. The second-order valence-electron chi connectivity index (χ2n) is 4.56.